The average molecular weight is 297 g/mol. The first-order valence-corrected chi connectivity index (χ1v) is 7.66. The van der Waals surface area contributed by atoms with Crippen molar-refractivity contribution in [1.82, 2.24) is 15.6 Å². The lowest BCUT2D eigenvalue weighted by molar-refractivity contribution is 0.237. The van der Waals surface area contributed by atoms with Crippen molar-refractivity contribution in [3.8, 4) is 0 Å². The highest BCUT2D eigenvalue weighted by molar-refractivity contribution is 5.74. The van der Waals surface area contributed by atoms with Gasteiger partial charge in [0.2, 0.25) is 0 Å². The van der Waals surface area contributed by atoms with Crippen molar-refractivity contribution >= 4 is 6.03 Å². The Morgan fingerprint density at radius 3 is 2.41 bits per heavy atom. The number of pyridine rings is 1. The summed E-state index contributed by atoms with van der Waals surface area (Å²) in [4.78, 5) is 15.9. The van der Waals surface area contributed by atoms with Crippen LogP contribution in [0.15, 0.2) is 54.9 Å². The largest absolute Gasteiger partial charge is 0.338 e. The van der Waals surface area contributed by atoms with Gasteiger partial charge in [-0.2, -0.15) is 0 Å². The molecule has 2 aromatic rings. The van der Waals surface area contributed by atoms with Gasteiger partial charge < -0.3 is 10.6 Å². The molecule has 0 saturated heterocycles. The van der Waals surface area contributed by atoms with Gasteiger partial charge in [-0.25, -0.2) is 4.79 Å². The van der Waals surface area contributed by atoms with Crippen molar-refractivity contribution in [3.05, 3.63) is 66.0 Å². The summed E-state index contributed by atoms with van der Waals surface area (Å²) < 4.78 is 0. The Kier molecular flexibility index (Phi) is 5.95. The molecule has 2 unspecified atom stereocenters. The van der Waals surface area contributed by atoms with Gasteiger partial charge in [0.15, 0.2) is 0 Å². The predicted molar refractivity (Wildman–Crippen MR) is 88.7 cm³/mol. The molecule has 1 aromatic heterocycles. The number of carbonyl (C=O) groups is 1. The van der Waals surface area contributed by atoms with Crippen molar-refractivity contribution < 1.29 is 4.79 Å². The van der Waals surface area contributed by atoms with Gasteiger partial charge >= 0.3 is 6.03 Å². The highest BCUT2D eigenvalue weighted by Gasteiger charge is 2.09. The molecule has 2 amide bonds. The molecule has 0 fully saturated rings. The molecule has 0 aliphatic rings. The summed E-state index contributed by atoms with van der Waals surface area (Å²) >= 11 is 0. The van der Waals surface area contributed by atoms with Gasteiger partial charge in [-0.15, -0.1) is 0 Å². The first kappa shape index (κ1) is 16.0. The molecule has 0 aliphatic carbocycles. The summed E-state index contributed by atoms with van der Waals surface area (Å²) in [6.07, 6.45) is 4.38. The molecule has 0 spiro atoms. The molecule has 0 saturated carbocycles. The summed E-state index contributed by atoms with van der Waals surface area (Å²) in [6.45, 7) is 4.79. The number of carbonyl (C=O) groups excluding carboxylic acids is 1. The molecule has 2 rings (SSSR count). The van der Waals surface area contributed by atoms with Crippen LogP contribution in [0.2, 0.25) is 0 Å². The molecule has 116 valence electrons. The van der Waals surface area contributed by atoms with E-state index in [0.717, 1.165) is 12.0 Å². The molecule has 4 heteroatoms. The van der Waals surface area contributed by atoms with Crippen molar-refractivity contribution in [3.63, 3.8) is 0 Å². The first-order valence-electron chi connectivity index (χ1n) is 7.66. The van der Waals surface area contributed by atoms with E-state index in [2.05, 4.69) is 34.7 Å². The van der Waals surface area contributed by atoms with E-state index in [0.29, 0.717) is 12.5 Å². The average Bonchev–Trinajstić information content (AvgIpc) is 2.56. The number of urea groups is 1. The Morgan fingerprint density at radius 2 is 1.73 bits per heavy atom. The van der Waals surface area contributed by atoms with Gasteiger partial charge in [-0.1, -0.05) is 37.3 Å². The molecule has 22 heavy (non-hydrogen) atoms. The van der Waals surface area contributed by atoms with E-state index >= 15 is 0 Å². The standard InChI is InChI=1S/C18H23N3O/c1-14(16-6-4-3-5-7-16)8-13-20-18(22)21-15(2)17-9-11-19-12-10-17/h3-7,9-12,14-15H,8,13H2,1-2H3,(H2,20,21,22). The number of hydrogen-bond acceptors (Lipinski definition) is 2. The molecule has 1 aromatic carbocycles. The second kappa shape index (κ2) is 8.17. The lowest BCUT2D eigenvalue weighted by atomic mass is 9.98. The number of amides is 2. The van der Waals surface area contributed by atoms with Gasteiger partial charge in [0.25, 0.3) is 0 Å². The second-order valence-electron chi connectivity index (χ2n) is 5.50. The molecular weight excluding hydrogens is 274 g/mol. The molecular formula is C18H23N3O. The van der Waals surface area contributed by atoms with E-state index < -0.39 is 0 Å². The Hall–Kier alpha value is -2.36. The summed E-state index contributed by atoms with van der Waals surface area (Å²) in [7, 11) is 0. The number of aromatic nitrogens is 1. The Bertz CT molecular complexity index is 571. The number of rotatable bonds is 6. The highest BCUT2D eigenvalue weighted by Crippen LogP contribution is 2.17. The molecule has 2 N–H and O–H groups in total. The molecule has 1 heterocycles. The summed E-state index contributed by atoms with van der Waals surface area (Å²) in [5, 5.41) is 5.85. The van der Waals surface area contributed by atoms with Crippen molar-refractivity contribution in [1.29, 1.82) is 0 Å². The molecule has 4 nitrogen and oxygen atoms in total. The fraction of sp³-hybridized carbons (Fsp3) is 0.333. The number of hydrogen-bond donors (Lipinski definition) is 2. The van der Waals surface area contributed by atoms with Crippen LogP contribution in [0.4, 0.5) is 4.79 Å². The summed E-state index contributed by atoms with van der Waals surface area (Å²) in [6, 6.07) is 14.0. The van der Waals surface area contributed by atoms with Crippen LogP contribution in [0.1, 0.15) is 43.4 Å². The summed E-state index contributed by atoms with van der Waals surface area (Å²) in [5.74, 6) is 0.430. The summed E-state index contributed by atoms with van der Waals surface area (Å²) in [5.41, 5.74) is 2.35. The van der Waals surface area contributed by atoms with Crippen LogP contribution >= 0.6 is 0 Å². The third-order valence-electron chi connectivity index (χ3n) is 3.79. The normalized spacial score (nSPS) is 13.2. The minimum absolute atomic E-state index is 0.0328. The number of nitrogens with zero attached hydrogens (tertiary/aromatic N) is 1. The zero-order valence-electron chi connectivity index (χ0n) is 13.1. The van der Waals surface area contributed by atoms with Crippen LogP contribution < -0.4 is 10.6 Å². The fourth-order valence-electron chi connectivity index (χ4n) is 2.33. The van der Waals surface area contributed by atoms with Crippen LogP contribution in [0.5, 0.6) is 0 Å². The van der Waals surface area contributed by atoms with Crippen LogP contribution in [0.3, 0.4) is 0 Å². The number of benzene rings is 1. The lowest BCUT2D eigenvalue weighted by Gasteiger charge is -2.16. The predicted octanol–water partition coefficient (Wildman–Crippen LogP) is 3.64. The third kappa shape index (κ3) is 4.88. The third-order valence-corrected chi connectivity index (χ3v) is 3.79. The van der Waals surface area contributed by atoms with Gasteiger partial charge in [-0.05, 0) is 42.5 Å². The Labute approximate surface area is 132 Å². The monoisotopic (exact) mass is 297 g/mol. The zero-order chi connectivity index (χ0) is 15.8. The molecule has 2 atom stereocenters. The van der Waals surface area contributed by atoms with Crippen LogP contribution in [-0.2, 0) is 0 Å². The van der Waals surface area contributed by atoms with E-state index in [1.54, 1.807) is 12.4 Å². The minimum Gasteiger partial charge on any atom is -0.338 e. The Morgan fingerprint density at radius 1 is 1.05 bits per heavy atom. The van der Waals surface area contributed by atoms with Gasteiger partial charge in [0, 0.05) is 18.9 Å². The fourth-order valence-corrected chi connectivity index (χ4v) is 2.33. The van der Waals surface area contributed by atoms with E-state index in [1.807, 2.05) is 37.3 Å². The number of nitrogens with one attached hydrogen (secondary N) is 2. The highest BCUT2D eigenvalue weighted by atomic mass is 16.2. The zero-order valence-corrected chi connectivity index (χ0v) is 13.1. The molecule has 0 bridgehead atoms. The molecule has 0 radical (unpaired) electrons. The maximum Gasteiger partial charge on any atom is 0.315 e. The van der Waals surface area contributed by atoms with E-state index in [1.165, 1.54) is 5.56 Å². The smallest absolute Gasteiger partial charge is 0.315 e. The van der Waals surface area contributed by atoms with Crippen molar-refractivity contribution in [2.45, 2.75) is 32.2 Å². The van der Waals surface area contributed by atoms with E-state index in [-0.39, 0.29) is 12.1 Å². The van der Waals surface area contributed by atoms with E-state index in [9.17, 15) is 4.79 Å². The first-order chi connectivity index (χ1) is 10.7. The van der Waals surface area contributed by atoms with Crippen LogP contribution in [0.25, 0.3) is 0 Å². The van der Waals surface area contributed by atoms with Gasteiger partial charge in [0.05, 0.1) is 6.04 Å². The minimum atomic E-state index is -0.135. The second-order valence-corrected chi connectivity index (χ2v) is 5.50. The van der Waals surface area contributed by atoms with Crippen LogP contribution in [0, 0.1) is 0 Å². The maximum atomic E-state index is 11.9. The van der Waals surface area contributed by atoms with Crippen LogP contribution in [-0.4, -0.2) is 17.6 Å². The molecule has 0 aliphatic heterocycles. The topological polar surface area (TPSA) is 54.0 Å². The lowest BCUT2D eigenvalue weighted by Crippen LogP contribution is -2.37. The van der Waals surface area contributed by atoms with Crippen molar-refractivity contribution in [2.75, 3.05) is 6.54 Å². The SMILES string of the molecule is CC(CCNC(=O)NC(C)c1ccncc1)c1ccccc1. The van der Waals surface area contributed by atoms with Gasteiger partial charge in [0.1, 0.15) is 0 Å². The van der Waals surface area contributed by atoms with Crippen molar-refractivity contribution in [2.24, 2.45) is 0 Å². The maximum absolute atomic E-state index is 11.9. The van der Waals surface area contributed by atoms with Gasteiger partial charge in [-0.3, -0.25) is 4.98 Å². The van der Waals surface area contributed by atoms with E-state index in [4.69, 9.17) is 0 Å². The Balaban J connectivity index is 1.72. The quantitative estimate of drug-likeness (QED) is 0.855.